The van der Waals surface area contributed by atoms with Crippen molar-refractivity contribution in [3.8, 4) is 0 Å². The number of carbonyl (C=O) groups is 2. The average Bonchev–Trinajstić information content (AvgIpc) is 3.49. The summed E-state index contributed by atoms with van der Waals surface area (Å²) < 4.78 is 56.0. The van der Waals surface area contributed by atoms with Crippen molar-refractivity contribution in [1.29, 1.82) is 0 Å². The fourth-order valence-electron chi connectivity index (χ4n) is 3.98. The molecule has 0 bridgehead atoms. The first kappa shape index (κ1) is 23.9. The van der Waals surface area contributed by atoms with Crippen LogP contribution in [0.4, 0.5) is 19.6 Å². The maximum atomic E-state index is 13.7. The van der Waals surface area contributed by atoms with Gasteiger partial charge < -0.3 is 14.4 Å². The van der Waals surface area contributed by atoms with Crippen molar-refractivity contribution in [2.24, 2.45) is 0 Å². The first-order chi connectivity index (χ1) is 17.2. The molecule has 0 radical (unpaired) electrons. The van der Waals surface area contributed by atoms with Crippen LogP contribution < -0.4 is 9.62 Å². The maximum Gasteiger partial charge on any atom is 0.263 e. The molecule has 3 heterocycles. The van der Waals surface area contributed by atoms with Gasteiger partial charge >= 0.3 is 0 Å². The molecule has 0 unspecified atom stereocenters. The van der Waals surface area contributed by atoms with E-state index < -0.39 is 21.7 Å². The Balaban J connectivity index is 1.24. The van der Waals surface area contributed by atoms with Gasteiger partial charge in [-0.25, -0.2) is 22.2 Å². The fraction of sp³-hybridized carbons (Fsp3) is 0.174. The molecule has 1 N–H and O–H groups in total. The summed E-state index contributed by atoms with van der Waals surface area (Å²) in [5, 5.41) is 2.37. The number of nitrogens with one attached hydrogen (secondary N) is 1. The van der Waals surface area contributed by atoms with Gasteiger partial charge in [-0.3, -0.25) is 14.3 Å². The number of amides is 2. The summed E-state index contributed by atoms with van der Waals surface area (Å²) in [6, 6.07) is 9.56. The third-order valence-corrected chi connectivity index (χ3v) is 7.98. The minimum Gasteiger partial charge on any atom is -0.338 e. The zero-order valence-corrected chi connectivity index (χ0v) is 20.2. The summed E-state index contributed by atoms with van der Waals surface area (Å²) in [6.07, 6.45) is 3.06. The SMILES string of the molecule is O=C(Cn1ccc2cc(F)c(F)cc21)N1CCN(c2ccc(S(=O)(=O)Nc3nccs3)cc2)C(=O)C1. The molecule has 0 saturated carbocycles. The molecule has 5 rings (SSSR count). The Morgan fingerprint density at radius 1 is 1.08 bits per heavy atom. The van der Waals surface area contributed by atoms with Gasteiger partial charge in [0.2, 0.25) is 11.8 Å². The van der Waals surface area contributed by atoms with Crippen LogP contribution in [0, 0.1) is 11.6 Å². The molecule has 2 amide bonds. The lowest BCUT2D eigenvalue weighted by Gasteiger charge is -2.34. The Morgan fingerprint density at radius 3 is 2.53 bits per heavy atom. The molecule has 186 valence electrons. The molecule has 36 heavy (non-hydrogen) atoms. The van der Waals surface area contributed by atoms with Crippen molar-refractivity contribution in [2.45, 2.75) is 11.4 Å². The number of fused-ring (bicyclic) bond motifs is 1. The van der Waals surface area contributed by atoms with E-state index in [1.807, 2.05) is 0 Å². The van der Waals surface area contributed by atoms with Crippen molar-refractivity contribution < 1.29 is 26.8 Å². The van der Waals surface area contributed by atoms with Crippen LogP contribution in [0.3, 0.4) is 0 Å². The summed E-state index contributed by atoms with van der Waals surface area (Å²) in [5.41, 5.74) is 0.890. The molecule has 0 aliphatic carbocycles. The lowest BCUT2D eigenvalue weighted by molar-refractivity contribution is -0.137. The first-order valence-electron chi connectivity index (χ1n) is 10.8. The number of thiazole rings is 1. The normalized spacial score (nSPS) is 14.4. The lowest BCUT2D eigenvalue weighted by Crippen LogP contribution is -2.53. The molecule has 2 aromatic carbocycles. The predicted molar refractivity (Wildman–Crippen MR) is 130 cm³/mol. The highest BCUT2D eigenvalue weighted by Crippen LogP contribution is 2.24. The summed E-state index contributed by atoms with van der Waals surface area (Å²) in [4.78, 5) is 32.4. The standard InChI is InChI=1S/C23H19F2N5O4S2/c24-18-11-15-5-7-28(20(15)12-19(18)25)13-21(31)29-8-9-30(22(32)14-29)16-1-3-17(4-2-16)36(33,34)27-23-26-6-10-35-23/h1-7,10-12H,8-9,13-14H2,(H,26,27). The Hall–Kier alpha value is -3.84. The van der Waals surface area contributed by atoms with Crippen LogP contribution in [-0.2, 0) is 26.2 Å². The summed E-state index contributed by atoms with van der Waals surface area (Å²) >= 11 is 1.16. The largest absolute Gasteiger partial charge is 0.338 e. The molecular weight excluding hydrogens is 512 g/mol. The van der Waals surface area contributed by atoms with Crippen LogP contribution >= 0.6 is 11.3 Å². The van der Waals surface area contributed by atoms with Gasteiger partial charge in [0.15, 0.2) is 16.8 Å². The third kappa shape index (κ3) is 4.66. The number of piperazine rings is 1. The van der Waals surface area contributed by atoms with Crippen LogP contribution in [-0.4, -0.2) is 54.3 Å². The van der Waals surface area contributed by atoms with E-state index in [2.05, 4.69) is 9.71 Å². The topological polar surface area (TPSA) is 105 Å². The minimum atomic E-state index is -3.82. The number of carbonyl (C=O) groups excluding carboxylic acids is 2. The van der Waals surface area contributed by atoms with Crippen LogP contribution in [0.5, 0.6) is 0 Å². The maximum absolute atomic E-state index is 13.7. The van der Waals surface area contributed by atoms with E-state index in [9.17, 15) is 26.8 Å². The summed E-state index contributed by atoms with van der Waals surface area (Å²) in [6.45, 7) is 0.200. The smallest absolute Gasteiger partial charge is 0.263 e. The Morgan fingerprint density at radius 2 is 1.83 bits per heavy atom. The van der Waals surface area contributed by atoms with E-state index in [1.54, 1.807) is 17.6 Å². The number of hydrogen-bond acceptors (Lipinski definition) is 6. The number of hydrogen-bond donors (Lipinski definition) is 1. The number of nitrogens with zero attached hydrogens (tertiary/aromatic N) is 4. The highest BCUT2D eigenvalue weighted by atomic mass is 32.2. The van der Waals surface area contributed by atoms with Gasteiger partial charge in [0.05, 0.1) is 10.4 Å². The van der Waals surface area contributed by atoms with Crippen molar-refractivity contribution in [1.82, 2.24) is 14.5 Å². The summed E-state index contributed by atoms with van der Waals surface area (Å²) in [7, 11) is -3.82. The molecule has 1 aliphatic heterocycles. The molecule has 1 aliphatic rings. The number of sulfonamides is 1. The number of benzene rings is 2. The van der Waals surface area contributed by atoms with Gasteiger partial charge in [0.1, 0.15) is 13.1 Å². The van der Waals surface area contributed by atoms with Gasteiger partial charge in [-0.2, -0.15) is 0 Å². The van der Waals surface area contributed by atoms with Crippen LogP contribution in [0.1, 0.15) is 0 Å². The van der Waals surface area contributed by atoms with E-state index in [0.29, 0.717) is 16.6 Å². The van der Waals surface area contributed by atoms with Crippen LogP contribution in [0.25, 0.3) is 10.9 Å². The van der Waals surface area contributed by atoms with Gasteiger partial charge in [0, 0.05) is 48.0 Å². The van der Waals surface area contributed by atoms with Gasteiger partial charge in [-0.1, -0.05) is 0 Å². The Bertz CT molecular complexity index is 1550. The van der Waals surface area contributed by atoms with Crippen molar-refractivity contribution >= 4 is 54.9 Å². The van der Waals surface area contributed by atoms with E-state index in [-0.39, 0.29) is 48.0 Å². The number of aromatic nitrogens is 2. The van der Waals surface area contributed by atoms with E-state index in [4.69, 9.17) is 0 Å². The molecule has 9 nitrogen and oxygen atoms in total. The zero-order chi connectivity index (χ0) is 25.4. The van der Waals surface area contributed by atoms with Crippen molar-refractivity contribution in [2.75, 3.05) is 29.3 Å². The second-order valence-corrected chi connectivity index (χ2v) is 10.6. The summed E-state index contributed by atoms with van der Waals surface area (Å²) in [5.74, 6) is -2.62. The highest BCUT2D eigenvalue weighted by molar-refractivity contribution is 7.93. The third-order valence-electron chi connectivity index (χ3n) is 5.80. The number of rotatable bonds is 6. The number of halogens is 2. The molecule has 0 atom stereocenters. The molecule has 0 spiro atoms. The van der Waals surface area contributed by atoms with Gasteiger partial charge in [-0.05, 0) is 36.4 Å². The first-order valence-corrected chi connectivity index (χ1v) is 13.1. The van der Waals surface area contributed by atoms with E-state index >= 15 is 0 Å². The van der Waals surface area contributed by atoms with Crippen LogP contribution in [0.2, 0.25) is 0 Å². The fourth-order valence-corrected chi connectivity index (χ4v) is 5.77. The van der Waals surface area contributed by atoms with E-state index in [0.717, 1.165) is 23.5 Å². The lowest BCUT2D eigenvalue weighted by atomic mass is 10.2. The Labute approximate surface area is 208 Å². The van der Waals surface area contributed by atoms with Gasteiger partial charge in [0.25, 0.3) is 10.0 Å². The average molecular weight is 532 g/mol. The molecule has 1 fully saturated rings. The number of anilines is 2. The highest BCUT2D eigenvalue weighted by Gasteiger charge is 2.28. The molecule has 1 saturated heterocycles. The Kier molecular flexibility index (Phi) is 6.18. The van der Waals surface area contributed by atoms with Gasteiger partial charge in [-0.15, -0.1) is 11.3 Å². The zero-order valence-electron chi connectivity index (χ0n) is 18.6. The van der Waals surface area contributed by atoms with Crippen molar-refractivity contribution in [3.05, 3.63) is 71.9 Å². The molecular formula is C23H19F2N5O4S2. The van der Waals surface area contributed by atoms with Crippen molar-refractivity contribution in [3.63, 3.8) is 0 Å². The van der Waals surface area contributed by atoms with E-state index in [1.165, 1.54) is 44.8 Å². The quantitative estimate of drug-likeness (QED) is 0.412. The minimum absolute atomic E-state index is 0.0259. The van der Waals surface area contributed by atoms with Crippen LogP contribution in [0.15, 0.2) is 65.1 Å². The second-order valence-electron chi connectivity index (χ2n) is 8.07. The predicted octanol–water partition coefficient (Wildman–Crippen LogP) is 3.05. The molecule has 2 aromatic heterocycles. The monoisotopic (exact) mass is 531 g/mol. The molecule has 4 aromatic rings. The second kappa shape index (κ2) is 9.32. The molecule has 13 heteroatoms.